The average Bonchev–Trinajstić information content (AvgIpc) is 3.06. The monoisotopic (exact) mass is 508 g/mol. The smallest absolute Gasteiger partial charge is 0.319 e. The molecule has 0 aliphatic carbocycles. The van der Waals surface area contributed by atoms with Crippen molar-refractivity contribution in [2.75, 3.05) is 5.32 Å². The minimum atomic E-state index is -1.01. The Kier molecular flexibility index (Phi) is 7.16. The van der Waals surface area contributed by atoms with Gasteiger partial charge in [-0.2, -0.15) is 11.8 Å². The number of piperidine rings is 1. The second-order valence-corrected chi connectivity index (χ2v) is 11.5. The molecule has 36 heavy (non-hydrogen) atoms. The number of benzene rings is 2. The predicted molar refractivity (Wildman–Crippen MR) is 136 cm³/mol. The van der Waals surface area contributed by atoms with E-state index in [1.165, 1.54) is 6.07 Å². The Morgan fingerprint density at radius 3 is 2.50 bits per heavy atom. The molecule has 6 amide bonds. The molecule has 188 valence electrons. The van der Waals surface area contributed by atoms with Crippen LogP contribution in [-0.2, 0) is 21.9 Å². The summed E-state index contributed by atoms with van der Waals surface area (Å²) in [4.78, 5) is 62.7. The number of urea groups is 1. The molecule has 10 heteroatoms. The summed E-state index contributed by atoms with van der Waals surface area (Å²) in [6.45, 7) is 6.60. The van der Waals surface area contributed by atoms with E-state index in [1.54, 1.807) is 12.1 Å². The van der Waals surface area contributed by atoms with Crippen LogP contribution < -0.4 is 16.0 Å². The van der Waals surface area contributed by atoms with Crippen molar-refractivity contribution in [1.29, 1.82) is 0 Å². The van der Waals surface area contributed by atoms with Crippen LogP contribution in [-0.4, -0.2) is 45.3 Å². The van der Waals surface area contributed by atoms with Gasteiger partial charge in [0.25, 0.3) is 11.8 Å². The van der Waals surface area contributed by atoms with Gasteiger partial charge in [0, 0.05) is 29.2 Å². The van der Waals surface area contributed by atoms with Crippen LogP contribution in [0.5, 0.6) is 0 Å². The number of hydrogen-bond acceptors (Lipinski definition) is 6. The summed E-state index contributed by atoms with van der Waals surface area (Å²) < 4.78 is 0.140. The number of hydrogen-bond donors (Lipinski definition) is 3. The Balaban J connectivity index is 1.37. The average molecular weight is 509 g/mol. The fourth-order valence-corrected chi connectivity index (χ4v) is 4.80. The van der Waals surface area contributed by atoms with Crippen LogP contribution in [0.15, 0.2) is 42.5 Å². The Morgan fingerprint density at radius 2 is 1.78 bits per heavy atom. The molecule has 3 N–H and O–H groups in total. The quantitative estimate of drug-likeness (QED) is 0.514. The third-order valence-corrected chi connectivity index (χ3v) is 7.16. The second kappa shape index (κ2) is 10.1. The van der Waals surface area contributed by atoms with Crippen molar-refractivity contribution in [3.05, 3.63) is 64.7 Å². The van der Waals surface area contributed by atoms with Crippen LogP contribution in [0.4, 0.5) is 10.5 Å². The van der Waals surface area contributed by atoms with Gasteiger partial charge in [-0.25, -0.2) is 4.79 Å². The van der Waals surface area contributed by atoms with Gasteiger partial charge < -0.3 is 10.6 Å². The number of rotatable bonds is 6. The number of nitrogens with zero attached hydrogens (tertiary/aromatic N) is 1. The number of nitrogens with one attached hydrogen (secondary N) is 3. The van der Waals surface area contributed by atoms with Gasteiger partial charge in [0.15, 0.2) is 0 Å². The fourth-order valence-electron chi connectivity index (χ4n) is 4.02. The molecular weight excluding hydrogens is 480 g/mol. The van der Waals surface area contributed by atoms with Gasteiger partial charge in [-0.05, 0) is 41.8 Å². The molecule has 0 saturated carbocycles. The van der Waals surface area contributed by atoms with Gasteiger partial charge in [0.05, 0.1) is 11.1 Å². The van der Waals surface area contributed by atoms with E-state index in [0.717, 1.165) is 16.2 Å². The van der Waals surface area contributed by atoms with E-state index in [1.807, 2.05) is 36.0 Å². The van der Waals surface area contributed by atoms with E-state index in [4.69, 9.17) is 0 Å². The first kappa shape index (κ1) is 25.4. The molecule has 0 radical (unpaired) electrons. The van der Waals surface area contributed by atoms with E-state index in [9.17, 15) is 24.0 Å². The number of carbonyl (C=O) groups is 5. The largest absolute Gasteiger partial charge is 0.334 e. The Labute approximate surface area is 213 Å². The summed E-state index contributed by atoms with van der Waals surface area (Å²) in [6.07, 6.45) is 0.160. The van der Waals surface area contributed by atoms with Crippen LogP contribution in [0.3, 0.4) is 0 Å². The first-order chi connectivity index (χ1) is 17.0. The topological polar surface area (TPSA) is 125 Å². The molecule has 2 aliphatic heterocycles. The molecule has 1 fully saturated rings. The van der Waals surface area contributed by atoms with Crippen LogP contribution in [0.1, 0.15) is 65.5 Å². The molecule has 0 bridgehead atoms. The van der Waals surface area contributed by atoms with E-state index in [2.05, 4.69) is 36.7 Å². The van der Waals surface area contributed by atoms with E-state index in [-0.39, 0.29) is 35.3 Å². The summed E-state index contributed by atoms with van der Waals surface area (Å²) in [7, 11) is 0. The first-order valence-electron chi connectivity index (χ1n) is 11.6. The zero-order valence-corrected chi connectivity index (χ0v) is 21.2. The SMILES string of the molecule is CC(C)(C)SCc1cccc(NC(=O)NCc2ccc3c(c2)C(=O)N(C2CCC(=O)NC2=O)C3=O)c1. The fraction of sp³-hybridized carbons (Fsp3) is 0.346. The Morgan fingerprint density at radius 1 is 1.03 bits per heavy atom. The van der Waals surface area contributed by atoms with Gasteiger partial charge in [0.1, 0.15) is 6.04 Å². The molecule has 1 atom stereocenters. The highest BCUT2D eigenvalue weighted by Crippen LogP contribution is 2.29. The lowest BCUT2D eigenvalue weighted by Crippen LogP contribution is -2.54. The molecule has 2 aromatic rings. The zero-order chi connectivity index (χ0) is 26.0. The van der Waals surface area contributed by atoms with Gasteiger partial charge in [-0.15, -0.1) is 0 Å². The summed E-state index contributed by atoms with van der Waals surface area (Å²) >= 11 is 1.82. The van der Waals surface area contributed by atoms with E-state index >= 15 is 0 Å². The molecule has 0 spiro atoms. The zero-order valence-electron chi connectivity index (χ0n) is 20.3. The van der Waals surface area contributed by atoms with Gasteiger partial charge in [0.2, 0.25) is 11.8 Å². The third-order valence-electron chi connectivity index (χ3n) is 5.81. The van der Waals surface area contributed by atoms with Crippen molar-refractivity contribution in [2.45, 2.75) is 56.7 Å². The normalized spacial score (nSPS) is 17.6. The van der Waals surface area contributed by atoms with Crippen molar-refractivity contribution in [3.63, 3.8) is 0 Å². The standard InChI is InChI=1S/C26H28N4O5S/c1-26(2,3)36-14-16-5-4-6-17(11-16)28-25(35)27-13-15-7-8-18-19(12-15)24(34)30(23(18)33)20-9-10-21(31)29-22(20)32/h4-8,11-12,20H,9-10,13-14H2,1-3H3,(H2,27,28,35)(H,29,31,32). The van der Waals surface area contributed by atoms with Crippen molar-refractivity contribution in [3.8, 4) is 0 Å². The Bertz CT molecular complexity index is 1250. The van der Waals surface area contributed by atoms with Gasteiger partial charge in [-0.3, -0.25) is 29.4 Å². The van der Waals surface area contributed by atoms with Gasteiger partial charge in [-0.1, -0.05) is 39.0 Å². The maximum atomic E-state index is 13.0. The number of carbonyl (C=O) groups excluding carboxylic acids is 5. The van der Waals surface area contributed by atoms with Crippen LogP contribution in [0, 0.1) is 0 Å². The number of anilines is 1. The molecule has 2 heterocycles. The number of fused-ring (bicyclic) bond motifs is 1. The highest BCUT2D eigenvalue weighted by Gasteiger charge is 2.44. The molecule has 2 aromatic carbocycles. The van der Waals surface area contributed by atoms with Crippen molar-refractivity contribution < 1.29 is 24.0 Å². The highest BCUT2D eigenvalue weighted by atomic mass is 32.2. The van der Waals surface area contributed by atoms with Gasteiger partial charge >= 0.3 is 6.03 Å². The molecule has 1 unspecified atom stereocenters. The summed E-state index contributed by atoms with van der Waals surface area (Å²) in [5, 5.41) is 7.75. The minimum Gasteiger partial charge on any atom is -0.334 e. The maximum Gasteiger partial charge on any atom is 0.319 e. The highest BCUT2D eigenvalue weighted by molar-refractivity contribution is 7.99. The lowest BCUT2D eigenvalue weighted by Gasteiger charge is -2.27. The van der Waals surface area contributed by atoms with Crippen LogP contribution >= 0.6 is 11.8 Å². The third kappa shape index (κ3) is 5.76. The number of imide groups is 2. The Hall–Kier alpha value is -3.66. The summed E-state index contributed by atoms with van der Waals surface area (Å²) in [5.41, 5.74) is 2.78. The van der Waals surface area contributed by atoms with Crippen LogP contribution in [0.2, 0.25) is 0 Å². The molecule has 9 nitrogen and oxygen atoms in total. The lowest BCUT2D eigenvalue weighted by atomic mass is 10.0. The van der Waals surface area contributed by atoms with Crippen LogP contribution in [0.25, 0.3) is 0 Å². The summed E-state index contributed by atoms with van der Waals surface area (Å²) in [5.74, 6) is -1.39. The summed E-state index contributed by atoms with van der Waals surface area (Å²) in [6, 6.07) is 11.0. The molecule has 4 rings (SSSR count). The van der Waals surface area contributed by atoms with Crippen molar-refractivity contribution in [2.24, 2.45) is 0 Å². The van der Waals surface area contributed by atoms with Crippen molar-refractivity contribution in [1.82, 2.24) is 15.5 Å². The van der Waals surface area contributed by atoms with E-state index < -0.39 is 35.7 Å². The minimum absolute atomic E-state index is 0.0619. The number of amides is 6. The molecule has 1 saturated heterocycles. The molecule has 0 aromatic heterocycles. The lowest BCUT2D eigenvalue weighted by molar-refractivity contribution is -0.136. The van der Waals surface area contributed by atoms with E-state index in [0.29, 0.717) is 11.3 Å². The first-order valence-corrected chi connectivity index (χ1v) is 12.6. The van der Waals surface area contributed by atoms with Crippen molar-refractivity contribution >= 4 is 47.1 Å². The maximum absolute atomic E-state index is 13.0. The molecular formula is C26H28N4O5S. The predicted octanol–water partition coefficient (Wildman–Crippen LogP) is 3.44. The molecule has 2 aliphatic rings. The number of thioether (sulfide) groups is 1. The second-order valence-electron chi connectivity index (χ2n) is 9.74.